The average molecular weight is 212 g/mol. The van der Waals surface area contributed by atoms with Crippen molar-refractivity contribution in [3.05, 3.63) is 12.8 Å². The molecule has 12 heavy (non-hydrogen) atoms. The van der Waals surface area contributed by atoms with E-state index >= 15 is 0 Å². The first-order valence-electron chi connectivity index (χ1n) is 3.26. The van der Waals surface area contributed by atoms with Gasteiger partial charge in [-0.2, -0.15) is 0 Å². The average Bonchev–Trinajstić information content (AvgIpc) is 1.83. The topological polar surface area (TPSA) is 65.0 Å². The van der Waals surface area contributed by atoms with E-state index in [0.717, 1.165) is 6.26 Å². The Hall–Kier alpha value is -0.133. The smallest absolute Gasteiger partial charge is 0.411 e. The molecule has 0 bridgehead atoms. The number of hydrogen-bond donors (Lipinski definition) is 1. The van der Waals surface area contributed by atoms with Gasteiger partial charge in [0.05, 0.1) is 6.26 Å². The molecule has 0 saturated carbocycles. The fourth-order valence-electron chi connectivity index (χ4n) is 0.271. The number of rotatable bonds is 5. The zero-order valence-corrected chi connectivity index (χ0v) is 9.21. The van der Waals surface area contributed by atoms with Crippen molar-refractivity contribution < 1.29 is 23.2 Å². The molecule has 0 rings (SSSR count). The van der Waals surface area contributed by atoms with Crippen molar-refractivity contribution in [3.63, 3.8) is 0 Å². The van der Waals surface area contributed by atoms with Gasteiger partial charge >= 0.3 is 7.82 Å². The summed E-state index contributed by atoms with van der Waals surface area (Å²) < 4.78 is 23.9. The third-order valence-corrected chi connectivity index (χ3v) is 1.99. The van der Waals surface area contributed by atoms with E-state index in [0.29, 0.717) is 0 Å². The quantitative estimate of drug-likeness (QED) is 0.248. The normalized spacial score (nSPS) is 16.7. The second-order valence-corrected chi connectivity index (χ2v) is 8.70. The van der Waals surface area contributed by atoms with Crippen molar-refractivity contribution in [1.29, 1.82) is 0 Å². The highest BCUT2D eigenvalue weighted by atomic mass is 31.2. The Balaban J connectivity index is 3.92. The van der Waals surface area contributed by atoms with E-state index < -0.39 is 16.1 Å². The SMILES string of the molecule is C=COP(=O)(O)OO[Si](C)(C)C. The van der Waals surface area contributed by atoms with Crippen LogP contribution in [-0.2, 0) is 18.3 Å². The summed E-state index contributed by atoms with van der Waals surface area (Å²) in [6, 6.07) is 0. The van der Waals surface area contributed by atoms with Gasteiger partial charge in [0.15, 0.2) is 0 Å². The van der Waals surface area contributed by atoms with Gasteiger partial charge in [-0.15, -0.1) is 4.67 Å². The molecule has 7 heteroatoms. The van der Waals surface area contributed by atoms with Gasteiger partial charge in [0, 0.05) is 0 Å². The summed E-state index contributed by atoms with van der Waals surface area (Å²) in [5.74, 6) is 0. The van der Waals surface area contributed by atoms with Crippen LogP contribution < -0.4 is 0 Å². The highest BCUT2D eigenvalue weighted by Crippen LogP contribution is 2.44. The van der Waals surface area contributed by atoms with Gasteiger partial charge in [0.25, 0.3) is 0 Å². The van der Waals surface area contributed by atoms with E-state index in [-0.39, 0.29) is 0 Å². The lowest BCUT2D eigenvalue weighted by atomic mass is 11.2. The molecule has 1 unspecified atom stereocenters. The van der Waals surface area contributed by atoms with Crippen LogP contribution >= 0.6 is 7.82 Å². The minimum absolute atomic E-state index is 0.828. The summed E-state index contributed by atoms with van der Waals surface area (Å²) in [4.78, 5) is 8.81. The van der Waals surface area contributed by atoms with Gasteiger partial charge in [-0.1, -0.05) is 6.58 Å². The summed E-state index contributed by atoms with van der Waals surface area (Å²) in [5.41, 5.74) is 0. The summed E-state index contributed by atoms with van der Waals surface area (Å²) in [6.07, 6.45) is 0.828. The first-order chi connectivity index (χ1) is 5.27. The van der Waals surface area contributed by atoms with Crippen LogP contribution in [0.3, 0.4) is 0 Å². The van der Waals surface area contributed by atoms with Crippen LogP contribution in [0.1, 0.15) is 0 Å². The monoisotopic (exact) mass is 212 g/mol. The maximum atomic E-state index is 10.8. The van der Waals surface area contributed by atoms with Gasteiger partial charge in [0.2, 0.25) is 8.32 Å². The third-order valence-electron chi connectivity index (χ3n) is 0.589. The van der Waals surface area contributed by atoms with Crippen molar-refractivity contribution >= 4 is 16.1 Å². The molecular formula is C5H13O5PSi. The van der Waals surface area contributed by atoms with Crippen molar-refractivity contribution in [1.82, 2.24) is 0 Å². The van der Waals surface area contributed by atoms with Crippen molar-refractivity contribution in [2.45, 2.75) is 19.6 Å². The van der Waals surface area contributed by atoms with Gasteiger partial charge < -0.3 is 4.52 Å². The second-order valence-electron chi connectivity index (χ2n) is 3.01. The van der Waals surface area contributed by atoms with Crippen LogP contribution in [0.15, 0.2) is 12.8 Å². The van der Waals surface area contributed by atoms with Crippen LogP contribution in [0.5, 0.6) is 0 Å². The molecule has 0 aliphatic heterocycles. The van der Waals surface area contributed by atoms with Crippen LogP contribution in [0.25, 0.3) is 0 Å². The Bertz CT molecular complexity index is 199. The first kappa shape index (κ1) is 11.9. The Morgan fingerprint density at radius 2 is 2.00 bits per heavy atom. The maximum Gasteiger partial charge on any atom is 0.553 e. The van der Waals surface area contributed by atoms with E-state index in [9.17, 15) is 4.57 Å². The summed E-state index contributed by atoms with van der Waals surface area (Å²) in [7, 11) is -6.06. The number of hydrogen-bond acceptors (Lipinski definition) is 4. The number of phosphoric acid groups is 1. The molecule has 0 saturated heterocycles. The molecule has 0 amide bonds. The van der Waals surface area contributed by atoms with Crippen LogP contribution in [0, 0.1) is 0 Å². The van der Waals surface area contributed by atoms with E-state index in [4.69, 9.17) is 9.47 Å². The molecule has 5 nitrogen and oxygen atoms in total. The molecule has 1 atom stereocenters. The molecule has 0 fully saturated rings. The highest BCUT2D eigenvalue weighted by Gasteiger charge is 2.27. The molecule has 0 aromatic heterocycles. The maximum absolute atomic E-state index is 10.8. The fraction of sp³-hybridized carbons (Fsp3) is 0.600. The standard InChI is InChI=1S/C5H13O5PSi/c1-5-8-11(6,7)9-10-12(2,3)4/h5H,1H2,2-4H3,(H,6,7). The summed E-state index contributed by atoms with van der Waals surface area (Å²) in [6.45, 7) is 8.53. The molecule has 0 aromatic carbocycles. The minimum atomic E-state index is -4.09. The Labute approximate surface area is 72.6 Å². The zero-order valence-electron chi connectivity index (χ0n) is 7.31. The van der Waals surface area contributed by atoms with Crippen LogP contribution in [0.2, 0.25) is 19.6 Å². The highest BCUT2D eigenvalue weighted by molar-refractivity contribution is 7.47. The van der Waals surface area contributed by atoms with Gasteiger partial charge in [-0.3, -0.25) is 9.47 Å². The van der Waals surface area contributed by atoms with Gasteiger partial charge in [0.1, 0.15) is 0 Å². The van der Waals surface area contributed by atoms with Crippen LogP contribution in [-0.4, -0.2) is 13.2 Å². The van der Waals surface area contributed by atoms with E-state index in [1.54, 1.807) is 19.6 Å². The van der Waals surface area contributed by atoms with Crippen LogP contribution in [0.4, 0.5) is 0 Å². The lowest BCUT2D eigenvalue weighted by Crippen LogP contribution is -2.24. The molecule has 0 aliphatic rings. The van der Waals surface area contributed by atoms with Gasteiger partial charge in [-0.05, 0) is 19.6 Å². The van der Waals surface area contributed by atoms with Crippen molar-refractivity contribution in [2.24, 2.45) is 0 Å². The van der Waals surface area contributed by atoms with E-state index in [1.807, 2.05) is 0 Å². The van der Waals surface area contributed by atoms with Crippen molar-refractivity contribution in [2.75, 3.05) is 0 Å². The molecule has 1 N–H and O–H groups in total. The molecule has 0 radical (unpaired) electrons. The minimum Gasteiger partial charge on any atom is -0.411 e. The zero-order chi connectivity index (χ0) is 9.83. The summed E-state index contributed by atoms with van der Waals surface area (Å²) in [5, 5.41) is 0. The fourth-order valence-corrected chi connectivity index (χ4v) is 1.77. The molecule has 72 valence electrons. The molecule has 0 spiro atoms. The molecule has 0 aromatic rings. The van der Waals surface area contributed by atoms with E-state index in [2.05, 4.69) is 15.8 Å². The Morgan fingerprint density at radius 3 is 2.33 bits per heavy atom. The Morgan fingerprint density at radius 1 is 1.50 bits per heavy atom. The predicted octanol–water partition coefficient (Wildman–Crippen LogP) is 2.03. The van der Waals surface area contributed by atoms with Gasteiger partial charge in [-0.25, -0.2) is 4.57 Å². The predicted molar refractivity (Wildman–Crippen MR) is 46.6 cm³/mol. The van der Waals surface area contributed by atoms with Crippen molar-refractivity contribution in [3.8, 4) is 0 Å². The lowest BCUT2D eigenvalue weighted by Gasteiger charge is -2.16. The molecule has 0 heterocycles. The third kappa shape index (κ3) is 6.57. The largest absolute Gasteiger partial charge is 0.553 e. The Kier molecular flexibility index (Phi) is 4.16. The lowest BCUT2D eigenvalue weighted by molar-refractivity contribution is -0.134. The number of phosphoric ester groups is 1. The summed E-state index contributed by atoms with van der Waals surface area (Å²) >= 11 is 0. The first-order valence-corrected chi connectivity index (χ1v) is 8.17. The van der Waals surface area contributed by atoms with E-state index in [1.165, 1.54) is 0 Å². The molecule has 0 aliphatic carbocycles. The second kappa shape index (κ2) is 4.20. The molecular weight excluding hydrogens is 199 g/mol.